The molecule has 1 aromatic rings. The number of rotatable bonds is 6. The Balaban J connectivity index is 2.00. The Morgan fingerprint density at radius 1 is 1.40 bits per heavy atom. The quantitative estimate of drug-likeness (QED) is 0.870. The van der Waals surface area contributed by atoms with E-state index in [2.05, 4.69) is 12.2 Å². The van der Waals surface area contributed by atoms with Crippen LogP contribution in [0.2, 0.25) is 0 Å². The highest BCUT2D eigenvalue weighted by Crippen LogP contribution is 2.28. The largest absolute Gasteiger partial charge is 0.383 e. The summed E-state index contributed by atoms with van der Waals surface area (Å²) in [7, 11) is 1.65. The fourth-order valence-corrected chi connectivity index (χ4v) is 3.01. The molecule has 0 radical (unpaired) electrons. The molecule has 1 saturated carbocycles. The number of pyridine rings is 1. The van der Waals surface area contributed by atoms with E-state index in [9.17, 15) is 4.79 Å². The highest BCUT2D eigenvalue weighted by Gasteiger charge is 2.20. The Morgan fingerprint density at radius 3 is 3.00 bits per heavy atom. The molecule has 2 rings (SSSR count). The van der Waals surface area contributed by atoms with Gasteiger partial charge in [0, 0.05) is 32.0 Å². The van der Waals surface area contributed by atoms with E-state index in [0.29, 0.717) is 19.2 Å². The molecule has 4 nitrogen and oxygen atoms in total. The van der Waals surface area contributed by atoms with Gasteiger partial charge < -0.3 is 14.6 Å². The predicted octanol–water partition coefficient (Wildman–Crippen LogP) is 2.88. The van der Waals surface area contributed by atoms with Gasteiger partial charge in [-0.2, -0.15) is 0 Å². The zero-order valence-corrected chi connectivity index (χ0v) is 12.6. The van der Waals surface area contributed by atoms with Crippen LogP contribution in [0.5, 0.6) is 0 Å². The molecule has 1 N–H and O–H groups in total. The van der Waals surface area contributed by atoms with E-state index in [4.69, 9.17) is 4.74 Å². The second kappa shape index (κ2) is 7.48. The van der Waals surface area contributed by atoms with Crippen molar-refractivity contribution in [2.75, 3.05) is 19.0 Å². The minimum Gasteiger partial charge on any atom is -0.383 e. The fraction of sp³-hybridized carbons (Fsp3) is 0.688. The van der Waals surface area contributed by atoms with E-state index in [0.717, 1.165) is 11.6 Å². The summed E-state index contributed by atoms with van der Waals surface area (Å²) in [6, 6.07) is 4.07. The lowest BCUT2D eigenvalue weighted by Gasteiger charge is -2.30. The number of anilines is 1. The highest BCUT2D eigenvalue weighted by atomic mass is 16.5. The van der Waals surface area contributed by atoms with Gasteiger partial charge in [0.15, 0.2) is 0 Å². The van der Waals surface area contributed by atoms with Crippen LogP contribution >= 0.6 is 0 Å². The maximum absolute atomic E-state index is 11.7. The highest BCUT2D eigenvalue weighted by molar-refractivity contribution is 5.41. The van der Waals surface area contributed by atoms with Crippen LogP contribution in [0.3, 0.4) is 0 Å². The van der Waals surface area contributed by atoms with Gasteiger partial charge in [0.2, 0.25) is 0 Å². The number of hydrogen-bond donors (Lipinski definition) is 1. The molecule has 2 unspecified atom stereocenters. The van der Waals surface area contributed by atoms with E-state index in [1.807, 2.05) is 12.3 Å². The monoisotopic (exact) mass is 278 g/mol. The van der Waals surface area contributed by atoms with Crippen LogP contribution < -0.4 is 10.9 Å². The Hall–Kier alpha value is -1.29. The van der Waals surface area contributed by atoms with Gasteiger partial charge in [-0.1, -0.05) is 26.2 Å². The molecule has 2 atom stereocenters. The van der Waals surface area contributed by atoms with E-state index < -0.39 is 0 Å². The number of aromatic nitrogens is 1. The van der Waals surface area contributed by atoms with Crippen molar-refractivity contribution in [1.29, 1.82) is 0 Å². The SMILES string of the molecule is CCC1CCCC(Nc2ccc(=O)n(CCOC)c2)C1. The normalized spacial score (nSPS) is 22.7. The lowest BCUT2D eigenvalue weighted by molar-refractivity contribution is 0.186. The first kappa shape index (κ1) is 15.1. The third-order valence-corrected chi connectivity index (χ3v) is 4.25. The van der Waals surface area contributed by atoms with Crippen molar-refractivity contribution in [3.8, 4) is 0 Å². The molecule has 0 saturated heterocycles. The summed E-state index contributed by atoms with van der Waals surface area (Å²) in [4.78, 5) is 11.7. The second-order valence-corrected chi connectivity index (χ2v) is 5.72. The molecule has 1 aromatic heterocycles. The van der Waals surface area contributed by atoms with Crippen LogP contribution in [0, 0.1) is 5.92 Å². The van der Waals surface area contributed by atoms with Gasteiger partial charge in [0.05, 0.1) is 12.3 Å². The summed E-state index contributed by atoms with van der Waals surface area (Å²) in [6.07, 6.45) is 8.32. The van der Waals surface area contributed by atoms with Crippen molar-refractivity contribution in [3.05, 3.63) is 28.7 Å². The molecule has 4 heteroatoms. The lowest BCUT2D eigenvalue weighted by Crippen LogP contribution is -2.28. The standard InChI is InChI=1S/C16H26N2O2/c1-3-13-5-4-6-14(11-13)17-15-7-8-16(19)18(12-15)9-10-20-2/h7-8,12-14,17H,3-6,9-11H2,1-2H3. The average molecular weight is 278 g/mol. The summed E-state index contributed by atoms with van der Waals surface area (Å²) in [5.74, 6) is 0.848. The van der Waals surface area contributed by atoms with Crippen molar-refractivity contribution >= 4 is 5.69 Å². The van der Waals surface area contributed by atoms with Gasteiger partial charge >= 0.3 is 0 Å². The van der Waals surface area contributed by atoms with Gasteiger partial charge in [-0.15, -0.1) is 0 Å². The molecule has 1 aliphatic rings. The molecule has 0 spiro atoms. The molecule has 20 heavy (non-hydrogen) atoms. The van der Waals surface area contributed by atoms with Gasteiger partial charge in [0.25, 0.3) is 5.56 Å². The minimum atomic E-state index is 0.0303. The number of ether oxygens (including phenoxy) is 1. The first-order valence-corrected chi connectivity index (χ1v) is 7.69. The first-order valence-electron chi connectivity index (χ1n) is 7.69. The smallest absolute Gasteiger partial charge is 0.250 e. The maximum atomic E-state index is 11.7. The molecular weight excluding hydrogens is 252 g/mol. The van der Waals surface area contributed by atoms with Crippen molar-refractivity contribution in [2.24, 2.45) is 5.92 Å². The molecular formula is C16H26N2O2. The molecule has 1 fully saturated rings. The third kappa shape index (κ3) is 4.10. The first-order chi connectivity index (χ1) is 9.72. The summed E-state index contributed by atoms with van der Waals surface area (Å²) in [5.41, 5.74) is 1.07. The van der Waals surface area contributed by atoms with Gasteiger partial charge in [0.1, 0.15) is 0 Å². The van der Waals surface area contributed by atoms with Crippen LogP contribution in [0.25, 0.3) is 0 Å². The zero-order valence-electron chi connectivity index (χ0n) is 12.6. The number of methoxy groups -OCH3 is 1. The van der Waals surface area contributed by atoms with Crippen LogP contribution in [0.15, 0.2) is 23.1 Å². The molecule has 0 amide bonds. The van der Waals surface area contributed by atoms with Crippen LogP contribution in [-0.4, -0.2) is 24.3 Å². The van der Waals surface area contributed by atoms with E-state index in [1.54, 1.807) is 17.7 Å². The van der Waals surface area contributed by atoms with Gasteiger partial charge in [-0.05, 0) is 24.8 Å². The topological polar surface area (TPSA) is 43.3 Å². The Labute approximate surface area is 121 Å². The lowest BCUT2D eigenvalue weighted by atomic mass is 9.84. The van der Waals surface area contributed by atoms with Crippen LogP contribution in [-0.2, 0) is 11.3 Å². The van der Waals surface area contributed by atoms with E-state index in [1.165, 1.54) is 32.1 Å². The summed E-state index contributed by atoms with van der Waals surface area (Å²) in [5, 5.41) is 3.59. The van der Waals surface area contributed by atoms with Gasteiger partial charge in [-0.25, -0.2) is 0 Å². The van der Waals surface area contributed by atoms with Crippen LogP contribution in [0.4, 0.5) is 5.69 Å². The Morgan fingerprint density at radius 2 is 2.25 bits per heavy atom. The molecule has 0 aromatic carbocycles. The number of nitrogens with zero attached hydrogens (tertiary/aromatic N) is 1. The van der Waals surface area contributed by atoms with Crippen LogP contribution in [0.1, 0.15) is 39.0 Å². The molecule has 0 bridgehead atoms. The van der Waals surface area contributed by atoms with Crippen molar-refractivity contribution < 1.29 is 4.74 Å². The number of hydrogen-bond acceptors (Lipinski definition) is 3. The van der Waals surface area contributed by atoms with Crippen molar-refractivity contribution in [3.63, 3.8) is 0 Å². The second-order valence-electron chi connectivity index (χ2n) is 5.72. The molecule has 112 valence electrons. The fourth-order valence-electron chi connectivity index (χ4n) is 3.01. The summed E-state index contributed by atoms with van der Waals surface area (Å²) in [6.45, 7) is 3.44. The van der Waals surface area contributed by atoms with Crippen molar-refractivity contribution in [1.82, 2.24) is 4.57 Å². The Bertz CT molecular complexity index is 470. The van der Waals surface area contributed by atoms with Gasteiger partial charge in [-0.3, -0.25) is 4.79 Å². The van der Waals surface area contributed by atoms with Crippen molar-refractivity contribution in [2.45, 2.75) is 51.6 Å². The van der Waals surface area contributed by atoms with E-state index >= 15 is 0 Å². The molecule has 0 aliphatic heterocycles. The number of nitrogens with one attached hydrogen (secondary N) is 1. The summed E-state index contributed by atoms with van der Waals surface area (Å²) < 4.78 is 6.75. The molecule has 1 aliphatic carbocycles. The Kier molecular flexibility index (Phi) is 5.65. The zero-order chi connectivity index (χ0) is 14.4. The predicted molar refractivity (Wildman–Crippen MR) is 82.2 cm³/mol. The minimum absolute atomic E-state index is 0.0303. The average Bonchev–Trinajstić information content (AvgIpc) is 2.48. The molecule has 1 heterocycles. The maximum Gasteiger partial charge on any atom is 0.250 e. The summed E-state index contributed by atoms with van der Waals surface area (Å²) >= 11 is 0. The van der Waals surface area contributed by atoms with E-state index in [-0.39, 0.29) is 5.56 Å². The third-order valence-electron chi connectivity index (χ3n) is 4.25.